The van der Waals surface area contributed by atoms with Crippen LogP contribution in [0.2, 0.25) is 0 Å². The lowest BCUT2D eigenvalue weighted by Gasteiger charge is -2.40. The highest BCUT2D eigenvalue weighted by Crippen LogP contribution is 2.23. The SMILES string of the molecule is CC/C=C\C/C=C\C/C=C\C/C=C\C/C=C\CCCCCC(=O)NC(COC1OC(CO)C(O)C(O)C1O)C(O)CCCCCCCCCC. The van der Waals surface area contributed by atoms with Crippen molar-refractivity contribution < 1.29 is 39.8 Å². The van der Waals surface area contributed by atoms with E-state index in [1.807, 2.05) is 0 Å². The van der Waals surface area contributed by atoms with Gasteiger partial charge in [0.05, 0.1) is 25.4 Å². The van der Waals surface area contributed by atoms with Crippen molar-refractivity contribution >= 4 is 5.91 Å². The molecule has 0 aromatic heterocycles. The monoisotopic (exact) mass is 706 g/mol. The van der Waals surface area contributed by atoms with Crippen LogP contribution in [-0.4, -0.2) is 87.5 Å². The largest absolute Gasteiger partial charge is 0.394 e. The van der Waals surface area contributed by atoms with Crippen LogP contribution in [0.5, 0.6) is 0 Å². The average Bonchev–Trinajstić information content (AvgIpc) is 3.11. The number of ether oxygens (including phenoxy) is 2. The topological polar surface area (TPSA) is 149 Å². The Morgan fingerprint density at radius 2 is 1.24 bits per heavy atom. The molecule has 50 heavy (non-hydrogen) atoms. The Labute approximate surface area is 303 Å². The van der Waals surface area contributed by atoms with Crippen LogP contribution in [0.15, 0.2) is 60.8 Å². The first-order valence-corrected chi connectivity index (χ1v) is 19.5. The molecule has 1 heterocycles. The van der Waals surface area contributed by atoms with Crippen LogP contribution in [0.3, 0.4) is 0 Å². The van der Waals surface area contributed by atoms with Crippen molar-refractivity contribution in [2.45, 2.75) is 179 Å². The highest BCUT2D eigenvalue weighted by atomic mass is 16.7. The molecule has 1 amide bonds. The summed E-state index contributed by atoms with van der Waals surface area (Å²) >= 11 is 0. The zero-order valence-corrected chi connectivity index (χ0v) is 31.1. The predicted molar refractivity (Wildman–Crippen MR) is 202 cm³/mol. The van der Waals surface area contributed by atoms with Gasteiger partial charge >= 0.3 is 0 Å². The lowest BCUT2D eigenvalue weighted by molar-refractivity contribution is -0.302. The number of hydrogen-bond acceptors (Lipinski definition) is 8. The number of rotatable bonds is 30. The Hall–Kier alpha value is -2.11. The van der Waals surface area contributed by atoms with Crippen molar-refractivity contribution in [1.29, 1.82) is 0 Å². The van der Waals surface area contributed by atoms with E-state index in [4.69, 9.17) is 9.47 Å². The molecule has 7 atom stereocenters. The highest BCUT2D eigenvalue weighted by Gasteiger charge is 2.44. The van der Waals surface area contributed by atoms with Gasteiger partial charge in [0.25, 0.3) is 0 Å². The smallest absolute Gasteiger partial charge is 0.220 e. The van der Waals surface area contributed by atoms with Gasteiger partial charge in [-0.25, -0.2) is 0 Å². The van der Waals surface area contributed by atoms with Crippen molar-refractivity contribution in [3.63, 3.8) is 0 Å². The second kappa shape index (κ2) is 31.6. The number of amides is 1. The Bertz CT molecular complexity index is 962. The molecular formula is C41H71NO8. The number of aliphatic hydroxyl groups excluding tert-OH is 5. The minimum Gasteiger partial charge on any atom is -0.394 e. The van der Waals surface area contributed by atoms with Gasteiger partial charge in [-0.3, -0.25) is 4.79 Å². The van der Waals surface area contributed by atoms with Crippen LogP contribution in [0.25, 0.3) is 0 Å². The number of allylic oxidation sites excluding steroid dienone is 10. The number of nitrogens with one attached hydrogen (secondary N) is 1. The second-order valence-corrected chi connectivity index (χ2v) is 13.3. The molecule has 6 N–H and O–H groups in total. The first-order chi connectivity index (χ1) is 24.3. The molecule has 0 bridgehead atoms. The van der Waals surface area contributed by atoms with E-state index in [9.17, 15) is 30.3 Å². The summed E-state index contributed by atoms with van der Waals surface area (Å²) in [4.78, 5) is 12.9. The third-order valence-electron chi connectivity index (χ3n) is 8.89. The molecule has 0 saturated carbocycles. The Morgan fingerprint density at radius 1 is 0.700 bits per heavy atom. The summed E-state index contributed by atoms with van der Waals surface area (Å²) in [6, 6.07) is -0.735. The molecule has 9 nitrogen and oxygen atoms in total. The normalized spacial score (nSPS) is 22.9. The molecule has 288 valence electrons. The minimum absolute atomic E-state index is 0.156. The van der Waals surface area contributed by atoms with Gasteiger partial charge in [-0.2, -0.15) is 0 Å². The van der Waals surface area contributed by atoms with E-state index < -0.39 is 49.5 Å². The van der Waals surface area contributed by atoms with Gasteiger partial charge < -0.3 is 40.3 Å². The lowest BCUT2D eigenvalue weighted by atomic mass is 9.99. The first-order valence-electron chi connectivity index (χ1n) is 19.5. The number of carbonyl (C=O) groups excluding carboxylic acids is 1. The zero-order valence-electron chi connectivity index (χ0n) is 31.1. The van der Waals surface area contributed by atoms with E-state index in [1.54, 1.807) is 0 Å². The van der Waals surface area contributed by atoms with Crippen LogP contribution in [-0.2, 0) is 14.3 Å². The predicted octanol–water partition coefficient (Wildman–Crippen LogP) is 6.88. The van der Waals surface area contributed by atoms with Gasteiger partial charge in [0.15, 0.2) is 6.29 Å². The third kappa shape index (κ3) is 22.7. The number of aliphatic hydroxyl groups is 5. The fraction of sp³-hybridized carbons (Fsp3) is 0.732. The molecule has 1 saturated heterocycles. The number of hydrogen-bond donors (Lipinski definition) is 6. The van der Waals surface area contributed by atoms with Crippen LogP contribution in [0.1, 0.15) is 136 Å². The Morgan fingerprint density at radius 3 is 1.82 bits per heavy atom. The standard InChI is InChI=1S/C41H71NO8/c1-3-5-7-9-11-13-14-15-16-17-18-19-20-21-22-23-25-27-29-31-37(45)42-34(35(44)30-28-26-24-12-10-8-6-4-2)33-49-41-40(48)39(47)38(46)36(32-43)50-41/h5,7,11,13,15-16,18-19,21-22,34-36,38-41,43-44,46-48H,3-4,6,8-10,12,14,17,20,23-33H2,1-2H3,(H,42,45)/b7-5-,13-11-,16-15-,19-18-,22-21-. The highest BCUT2D eigenvalue weighted by molar-refractivity contribution is 5.76. The van der Waals surface area contributed by atoms with Gasteiger partial charge in [-0.15, -0.1) is 0 Å². The molecule has 7 unspecified atom stereocenters. The summed E-state index contributed by atoms with van der Waals surface area (Å²) in [5, 5.41) is 53.9. The van der Waals surface area contributed by atoms with Gasteiger partial charge in [0.1, 0.15) is 24.4 Å². The molecule has 1 fully saturated rings. The van der Waals surface area contributed by atoms with Gasteiger partial charge in [-0.05, 0) is 57.8 Å². The van der Waals surface area contributed by atoms with Crippen LogP contribution < -0.4 is 5.32 Å². The fourth-order valence-electron chi connectivity index (χ4n) is 5.71. The van der Waals surface area contributed by atoms with Gasteiger partial charge in [0.2, 0.25) is 5.91 Å². The summed E-state index contributed by atoms with van der Waals surface area (Å²) in [6.45, 7) is 3.62. The first kappa shape index (κ1) is 45.9. The molecule has 0 aromatic carbocycles. The molecule has 9 heteroatoms. The molecular weight excluding hydrogens is 634 g/mol. The minimum atomic E-state index is -1.56. The summed E-state index contributed by atoms with van der Waals surface area (Å²) in [7, 11) is 0. The zero-order chi connectivity index (χ0) is 36.7. The lowest BCUT2D eigenvalue weighted by Crippen LogP contribution is -2.60. The molecule has 1 aliphatic heterocycles. The molecule has 0 aromatic rings. The quantitative estimate of drug-likeness (QED) is 0.0350. The summed E-state index contributed by atoms with van der Waals surface area (Å²) in [5.41, 5.74) is 0. The third-order valence-corrected chi connectivity index (χ3v) is 8.89. The molecule has 1 rings (SSSR count). The Balaban J connectivity index is 2.40. The van der Waals surface area contributed by atoms with Crippen LogP contribution >= 0.6 is 0 Å². The van der Waals surface area contributed by atoms with E-state index in [0.29, 0.717) is 12.8 Å². The maximum atomic E-state index is 12.9. The number of carbonyl (C=O) groups is 1. The van der Waals surface area contributed by atoms with Crippen molar-refractivity contribution in [3.05, 3.63) is 60.8 Å². The van der Waals surface area contributed by atoms with Crippen molar-refractivity contribution in [2.24, 2.45) is 0 Å². The summed E-state index contributed by atoms with van der Waals surface area (Å²) < 4.78 is 11.2. The van der Waals surface area contributed by atoms with Crippen LogP contribution in [0.4, 0.5) is 0 Å². The fourth-order valence-corrected chi connectivity index (χ4v) is 5.71. The van der Waals surface area contributed by atoms with E-state index in [2.05, 4.69) is 79.9 Å². The van der Waals surface area contributed by atoms with Crippen molar-refractivity contribution in [1.82, 2.24) is 5.32 Å². The van der Waals surface area contributed by atoms with Gasteiger partial charge in [0, 0.05) is 6.42 Å². The molecule has 0 radical (unpaired) electrons. The summed E-state index contributed by atoms with van der Waals surface area (Å²) in [6.07, 6.45) is 32.4. The maximum Gasteiger partial charge on any atom is 0.220 e. The van der Waals surface area contributed by atoms with Gasteiger partial charge in [-0.1, -0.05) is 132 Å². The van der Waals surface area contributed by atoms with E-state index in [0.717, 1.165) is 77.0 Å². The maximum absolute atomic E-state index is 12.9. The van der Waals surface area contributed by atoms with E-state index in [1.165, 1.54) is 32.1 Å². The molecule has 1 aliphatic rings. The van der Waals surface area contributed by atoms with E-state index >= 15 is 0 Å². The molecule has 0 aliphatic carbocycles. The van der Waals surface area contributed by atoms with Crippen molar-refractivity contribution in [2.75, 3.05) is 13.2 Å². The van der Waals surface area contributed by atoms with E-state index in [-0.39, 0.29) is 12.5 Å². The Kier molecular flexibility index (Phi) is 29.0. The van der Waals surface area contributed by atoms with Crippen LogP contribution in [0, 0.1) is 0 Å². The summed E-state index contributed by atoms with van der Waals surface area (Å²) in [5.74, 6) is -0.183. The van der Waals surface area contributed by atoms with Crippen molar-refractivity contribution in [3.8, 4) is 0 Å². The number of unbranched alkanes of at least 4 members (excludes halogenated alkanes) is 10. The second-order valence-electron chi connectivity index (χ2n) is 13.3. The average molecular weight is 706 g/mol. The molecule has 0 spiro atoms.